The van der Waals surface area contributed by atoms with Gasteiger partial charge in [0.1, 0.15) is 24.2 Å². The average Bonchev–Trinajstić information content (AvgIpc) is 3.55. The Balaban J connectivity index is 0.888. The van der Waals surface area contributed by atoms with Crippen LogP contribution in [0.1, 0.15) is 53.3 Å². The Bertz CT molecular complexity index is 2480. The van der Waals surface area contributed by atoms with Crippen molar-refractivity contribution in [1.82, 2.24) is 35.5 Å². The van der Waals surface area contributed by atoms with Gasteiger partial charge in [0.05, 0.1) is 45.2 Å². The molecule has 3 aliphatic rings. The predicted molar refractivity (Wildman–Crippen MR) is 239 cm³/mol. The van der Waals surface area contributed by atoms with Crippen LogP contribution in [0, 0.1) is 12.8 Å². The molecule has 5 aromatic rings. The van der Waals surface area contributed by atoms with Crippen molar-refractivity contribution in [1.29, 1.82) is 0 Å². The molecular weight excluding hydrogens is 851 g/mol. The van der Waals surface area contributed by atoms with Gasteiger partial charge in [-0.05, 0) is 108 Å². The summed E-state index contributed by atoms with van der Waals surface area (Å²) in [5.41, 5.74) is 8.48. The van der Waals surface area contributed by atoms with Gasteiger partial charge in [-0.2, -0.15) is 17.6 Å². The molecule has 0 aliphatic carbocycles. The van der Waals surface area contributed by atoms with Crippen molar-refractivity contribution >= 4 is 92.7 Å². The van der Waals surface area contributed by atoms with E-state index in [0.717, 1.165) is 61.5 Å². The molecule has 8 rings (SSSR count). The van der Waals surface area contributed by atoms with Crippen LogP contribution in [-0.2, 0) is 27.2 Å². The van der Waals surface area contributed by atoms with Crippen molar-refractivity contribution in [3.8, 4) is 5.75 Å². The van der Waals surface area contributed by atoms with Gasteiger partial charge in [0, 0.05) is 62.9 Å². The van der Waals surface area contributed by atoms with E-state index in [1.54, 1.807) is 39.0 Å². The maximum absolute atomic E-state index is 13.5. The van der Waals surface area contributed by atoms with E-state index < -0.39 is 7.14 Å². The van der Waals surface area contributed by atoms with Crippen LogP contribution in [0.4, 0.5) is 28.8 Å². The molecule has 0 spiro atoms. The van der Waals surface area contributed by atoms with Gasteiger partial charge in [0.25, 0.3) is 0 Å². The largest absolute Gasteiger partial charge is 0.494 e. The number of imide groups is 1. The third-order valence-electron chi connectivity index (χ3n) is 11.5. The van der Waals surface area contributed by atoms with Crippen molar-refractivity contribution in [2.75, 3.05) is 55.6 Å². The van der Waals surface area contributed by atoms with Gasteiger partial charge in [-0.3, -0.25) is 29.8 Å². The van der Waals surface area contributed by atoms with Crippen LogP contribution in [0.5, 0.6) is 5.75 Å². The summed E-state index contributed by atoms with van der Waals surface area (Å²) in [6.07, 6.45) is 7.89. The number of anilines is 5. The van der Waals surface area contributed by atoms with Gasteiger partial charge >= 0.3 is 0 Å². The van der Waals surface area contributed by atoms with Gasteiger partial charge in [0.15, 0.2) is 0 Å². The zero-order chi connectivity index (χ0) is 41.4. The molecule has 308 valence electrons. The zero-order valence-corrected chi connectivity index (χ0v) is 36.8. The molecule has 59 heavy (non-hydrogen) atoms. The number of nitrogens with zero attached hydrogens (tertiary/aromatic N) is 6. The summed E-state index contributed by atoms with van der Waals surface area (Å²) < 4.78 is 20.0. The number of carbonyl (C=O) groups is 2. The quantitative estimate of drug-likeness (QED) is 0.0506. The van der Waals surface area contributed by atoms with Crippen molar-refractivity contribution < 1.29 is 18.9 Å². The Hall–Kier alpha value is -4.60. The number of nitrogens with one attached hydrogen (secondary N) is 4. The number of hydrogen-bond donors (Lipinski definition) is 5. The van der Waals surface area contributed by atoms with Crippen LogP contribution in [0.25, 0.3) is 11.0 Å². The second-order valence-electron chi connectivity index (χ2n) is 15.8. The van der Waals surface area contributed by atoms with Crippen molar-refractivity contribution in [2.24, 2.45) is 5.92 Å². The molecular formula is C42H48BrN10O4PS. The molecule has 14 nitrogen and oxygen atoms in total. The molecule has 2 unspecified atom stereocenters. The monoisotopic (exact) mass is 898 g/mol. The lowest BCUT2D eigenvalue weighted by molar-refractivity contribution is -0.137. The normalized spacial score (nSPS) is 18.8. The summed E-state index contributed by atoms with van der Waals surface area (Å²) in [6.45, 7) is 9.72. The van der Waals surface area contributed by atoms with Crippen molar-refractivity contribution in [2.45, 2.75) is 57.1 Å². The van der Waals surface area contributed by atoms with E-state index in [1.165, 1.54) is 11.1 Å². The number of rotatable bonds is 12. The summed E-state index contributed by atoms with van der Waals surface area (Å²) in [6, 6.07) is 13.8. The number of hydrogen-bond acceptors (Lipinski definition) is 14. The predicted octanol–water partition coefficient (Wildman–Crippen LogP) is 6.79. The lowest BCUT2D eigenvalue weighted by atomic mass is 9.95. The van der Waals surface area contributed by atoms with Gasteiger partial charge in [0.2, 0.25) is 17.8 Å². The molecule has 0 radical (unpaired) electrons. The number of thiol groups is 1. The molecule has 2 fully saturated rings. The molecule has 17 heteroatoms. The van der Waals surface area contributed by atoms with E-state index >= 15 is 0 Å². The summed E-state index contributed by atoms with van der Waals surface area (Å²) in [4.78, 5) is 47.1. The highest BCUT2D eigenvalue weighted by Gasteiger charge is 2.39. The first-order chi connectivity index (χ1) is 28.4. The highest BCUT2D eigenvalue weighted by atomic mass is 79.9. The van der Waals surface area contributed by atoms with Crippen molar-refractivity contribution in [3.05, 3.63) is 87.8 Å². The van der Waals surface area contributed by atoms with Gasteiger partial charge < -0.3 is 30.2 Å². The third-order valence-corrected chi connectivity index (χ3v) is 14.2. The average molecular weight is 900 g/mol. The maximum atomic E-state index is 13.5. The fourth-order valence-electron chi connectivity index (χ4n) is 8.49. The number of fused-ring (bicyclic) bond motifs is 2. The van der Waals surface area contributed by atoms with Gasteiger partial charge in [-0.15, -0.1) is 0 Å². The smallest absolute Gasteiger partial charge is 0.243 e. The first kappa shape index (κ1) is 41.1. The van der Waals surface area contributed by atoms with Crippen LogP contribution in [0.2, 0.25) is 0 Å². The van der Waals surface area contributed by atoms with E-state index in [4.69, 9.17) is 22.3 Å². The van der Waals surface area contributed by atoms with E-state index in [1.807, 2.05) is 12.1 Å². The summed E-state index contributed by atoms with van der Waals surface area (Å²) in [7, 11) is -1.11. The Morgan fingerprint density at radius 1 is 1.02 bits per heavy atom. The first-order valence-corrected chi connectivity index (χ1v) is 23.7. The lowest BCUT2D eigenvalue weighted by Crippen LogP contribution is -2.51. The van der Waals surface area contributed by atoms with Crippen LogP contribution in [0.3, 0.4) is 0 Å². The summed E-state index contributed by atoms with van der Waals surface area (Å²) >= 11 is 8.47. The number of ether oxygens (including phenoxy) is 1. The molecule has 0 bridgehead atoms. The zero-order valence-electron chi connectivity index (χ0n) is 33.5. The van der Waals surface area contributed by atoms with Crippen LogP contribution >= 0.6 is 35.7 Å². The first-order valence-electron chi connectivity index (χ1n) is 19.8. The van der Waals surface area contributed by atoms with Crippen molar-refractivity contribution in [3.63, 3.8) is 0 Å². The molecule has 0 saturated carbocycles. The number of carbonyl (C=O) groups excluding carboxylic acids is 2. The number of aromatic nitrogens is 4. The van der Waals surface area contributed by atoms with Gasteiger partial charge in [-0.1, -0.05) is 18.2 Å². The fourth-order valence-corrected chi connectivity index (χ4v) is 10.7. The molecule has 5 heterocycles. The fraction of sp³-hybridized carbons (Fsp3) is 0.381. The van der Waals surface area contributed by atoms with Gasteiger partial charge in [-0.25, -0.2) is 4.98 Å². The minimum atomic E-state index is -2.77. The Morgan fingerprint density at radius 3 is 2.58 bits per heavy atom. The van der Waals surface area contributed by atoms with Crippen LogP contribution in [-0.4, -0.2) is 82.8 Å². The van der Waals surface area contributed by atoms with E-state index in [-0.39, 0.29) is 23.2 Å². The molecule has 2 aromatic heterocycles. The van der Waals surface area contributed by atoms with E-state index in [9.17, 15) is 14.2 Å². The van der Waals surface area contributed by atoms with Crippen LogP contribution in [0.15, 0.2) is 65.5 Å². The molecule has 3 aromatic carbocycles. The number of benzene rings is 3. The SMILES string of the molecule is COc1cc(N2CCC(CNCc3cccc4c3CN(C3CCC(=O)NC3=O)C4S)CC2)c(C)cc1Nc1ncc(Br)c(Nc2ccc3nccnc3c2P(C)(C)=O)n1. The lowest BCUT2D eigenvalue weighted by Gasteiger charge is -2.35. The van der Waals surface area contributed by atoms with E-state index in [2.05, 4.69) is 99.2 Å². The highest BCUT2D eigenvalue weighted by molar-refractivity contribution is 9.10. The molecule has 2 amide bonds. The molecule has 2 atom stereocenters. The number of halogens is 1. The maximum Gasteiger partial charge on any atom is 0.243 e. The number of piperidine rings is 2. The minimum absolute atomic E-state index is 0.180. The topological polar surface area (TPSA) is 167 Å². The Kier molecular flexibility index (Phi) is 12.0. The number of aryl methyl sites for hydroxylation is 1. The third kappa shape index (κ3) is 8.69. The molecule has 4 N–H and O–H groups in total. The summed E-state index contributed by atoms with van der Waals surface area (Å²) in [5, 5.41) is 13.4. The number of amides is 2. The van der Waals surface area contributed by atoms with Crippen LogP contribution < -0.4 is 36.2 Å². The highest BCUT2D eigenvalue weighted by Crippen LogP contribution is 2.43. The standard InChI is InChI=1S/C42H48BrN10O4PS/c1-24-18-32(49-42-47-22-29(43)39(51-42)48-31-9-8-30-37(46-15-14-45-30)38(31)58(3,4)56)35(57-2)19-34(24)52-16-12-25(13-17-52)20-44-21-26-6-5-7-27-28(26)23-53(41(27)59)33-10-11-36(54)50-40(33)55/h5-9,14-15,18-19,22,25,33,41,44,59H,10-13,16-17,20-21,23H2,1-4H3,(H,50,54,55)(H2,47,48,49,51). The second kappa shape index (κ2) is 17.2. The Labute approximate surface area is 357 Å². The molecule has 3 aliphatic heterocycles. The Morgan fingerprint density at radius 2 is 1.81 bits per heavy atom. The minimum Gasteiger partial charge on any atom is -0.494 e. The van der Waals surface area contributed by atoms with E-state index in [0.29, 0.717) is 69.3 Å². The second-order valence-corrected chi connectivity index (χ2v) is 20.3. The number of methoxy groups -OCH3 is 1. The summed E-state index contributed by atoms with van der Waals surface area (Å²) in [5.74, 6) is 1.66. The molecule has 2 saturated heterocycles.